The van der Waals surface area contributed by atoms with Crippen LogP contribution in [0.4, 0.5) is 0 Å². The number of guanidine groups is 1. The van der Waals surface area contributed by atoms with E-state index in [1.807, 2.05) is 26.4 Å². The summed E-state index contributed by atoms with van der Waals surface area (Å²) in [5, 5.41) is 4.24. The van der Waals surface area contributed by atoms with E-state index in [0.29, 0.717) is 0 Å². The number of nitrogens with one attached hydrogen (secondary N) is 1. The van der Waals surface area contributed by atoms with Crippen LogP contribution in [0.15, 0.2) is 17.3 Å². The molecule has 1 saturated heterocycles. The molecule has 1 aliphatic heterocycles. The molecule has 0 bridgehead atoms. The number of unbranched alkanes of at least 4 members (excludes halogenated alkanes) is 1. The Hall–Kier alpha value is -1.24. The third-order valence-electron chi connectivity index (χ3n) is 4.83. The highest BCUT2D eigenvalue weighted by Crippen LogP contribution is 2.14. The Bertz CT molecular complexity index is 548. The summed E-state index contributed by atoms with van der Waals surface area (Å²) in [4.78, 5) is 11.5. The van der Waals surface area contributed by atoms with Gasteiger partial charge in [0.1, 0.15) is 0 Å². The summed E-state index contributed by atoms with van der Waals surface area (Å²) in [6.45, 7) is 7.73. The van der Waals surface area contributed by atoms with Crippen LogP contribution in [0, 0.1) is 0 Å². The first-order chi connectivity index (χ1) is 12.0. The van der Waals surface area contributed by atoms with Crippen LogP contribution in [-0.2, 0) is 13.6 Å². The molecule has 1 aromatic rings. The molecule has 1 aliphatic rings. The molecule has 0 aliphatic carbocycles. The van der Waals surface area contributed by atoms with E-state index in [9.17, 15) is 0 Å². The fourth-order valence-electron chi connectivity index (χ4n) is 3.16. The van der Waals surface area contributed by atoms with E-state index in [1.165, 1.54) is 44.8 Å². The van der Waals surface area contributed by atoms with Crippen molar-refractivity contribution in [3.8, 4) is 0 Å². The Morgan fingerprint density at radius 2 is 1.96 bits per heavy atom. The number of aromatic nitrogens is 1. The second-order valence-electron chi connectivity index (χ2n) is 6.94. The van der Waals surface area contributed by atoms with E-state index in [2.05, 4.69) is 43.7 Å². The third-order valence-corrected chi connectivity index (χ3v) is 5.03. The Morgan fingerprint density at radius 1 is 1.24 bits per heavy atom. The number of hydrogen-bond acceptors (Lipinski definition) is 3. The van der Waals surface area contributed by atoms with Gasteiger partial charge >= 0.3 is 0 Å². The van der Waals surface area contributed by atoms with Crippen molar-refractivity contribution in [2.75, 3.05) is 60.4 Å². The number of aryl methyl sites for hydroxylation is 1. The molecule has 1 fully saturated rings. The highest BCUT2D eigenvalue weighted by molar-refractivity contribution is 6.30. The summed E-state index contributed by atoms with van der Waals surface area (Å²) in [6.07, 6.45) is 4.32. The van der Waals surface area contributed by atoms with Gasteiger partial charge in [0.05, 0.1) is 11.6 Å². The Labute approximate surface area is 157 Å². The largest absolute Gasteiger partial charge is 0.356 e. The summed E-state index contributed by atoms with van der Waals surface area (Å²) in [5.41, 5.74) is 1.17. The number of likely N-dealkylation sites (N-methyl/N-ethyl adjacent to an activating group) is 1. The second kappa shape index (κ2) is 10.0. The first-order valence-corrected chi connectivity index (χ1v) is 9.51. The summed E-state index contributed by atoms with van der Waals surface area (Å²) in [6, 6.07) is 2.00. The lowest BCUT2D eigenvalue weighted by atomic mass is 10.2. The predicted octanol–water partition coefficient (Wildman–Crippen LogP) is 1.71. The van der Waals surface area contributed by atoms with Gasteiger partial charge in [-0.2, -0.15) is 0 Å². The van der Waals surface area contributed by atoms with Gasteiger partial charge in [-0.1, -0.05) is 11.6 Å². The molecule has 0 unspecified atom stereocenters. The van der Waals surface area contributed by atoms with E-state index in [-0.39, 0.29) is 0 Å². The monoisotopic (exact) mass is 368 g/mol. The molecule has 6 nitrogen and oxygen atoms in total. The number of halogens is 1. The molecule has 0 radical (unpaired) electrons. The molecule has 0 spiro atoms. The minimum absolute atomic E-state index is 0.776. The quantitative estimate of drug-likeness (QED) is 0.452. The maximum Gasteiger partial charge on any atom is 0.193 e. The number of aliphatic imine (C=N–C) groups is 1. The van der Waals surface area contributed by atoms with Crippen LogP contribution in [0.5, 0.6) is 0 Å². The maximum absolute atomic E-state index is 6.06. The Morgan fingerprint density at radius 3 is 2.56 bits per heavy atom. The van der Waals surface area contributed by atoms with Crippen LogP contribution in [0.1, 0.15) is 18.5 Å². The van der Waals surface area contributed by atoms with Gasteiger partial charge in [-0.05, 0) is 32.5 Å². The number of piperazine rings is 1. The predicted molar refractivity (Wildman–Crippen MR) is 106 cm³/mol. The molecule has 1 N–H and O–H groups in total. The van der Waals surface area contributed by atoms with Crippen molar-refractivity contribution in [1.29, 1.82) is 0 Å². The standard InChI is InChI=1S/C18H33ClN6/c1-20-18(24(4)15-17-13-16(19)14-23(17)3)21-7-5-6-8-25-11-9-22(2)10-12-25/h13-14H,5-12,15H2,1-4H3,(H,20,21). The fraction of sp³-hybridized carbons (Fsp3) is 0.722. The Balaban J connectivity index is 1.65. The summed E-state index contributed by atoms with van der Waals surface area (Å²) >= 11 is 6.06. The normalized spacial score (nSPS) is 17.1. The van der Waals surface area contributed by atoms with Crippen molar-refractivity contribution in [3.05, 3.63) is 23.0 Å². The highest BCUT2D eigenvalue weighted by Gasteiger charge is 2.13. The van der Waals surface area contributed by atoms with Crippen molar-refractivity contribution >= 4 is 17.6 Å². The number of hydrogen-bond donors (Lipinski definition) is 1. The topological polar surface area (TPSA) is 39.0 Å². The highest BCUT2D eigenvalue weighted by atomic mass is 35.5. The van der Waals surface area contributed by atoms with E-state index in [4.69, 9.17) is 11.6 Å². The molecule has 142 valence electrons. The van der Waals surface area contributed by atoms with Crippen LogP contribution in [-0.4, -0.2) is 85.6 Å². The molecule has 25 heavy (non-hydrogen) atoms. The van der Waals surface area contributed by atoms with Gasteiger partial charge in [0.15, 0.2) is 5.96 Å². The van der Waals surface area contributed by atoms with Crippen molar-refractivity contribution in [3.63, 3.8) is 0 Å². The molecule has 2 rings (SSSR count). The first kappa shape index (κ1) is 20.1. The zero-order valence-corrected chi connectivity index (χ0v) is 16.9. The fourth-order valence-corrected chi connectivity index (χ4v) is 3.43. The molecule has 0 saturated carbocycles. The van der Waals surface area contributed by atoms with Crippen LogP contribution in [0.3, 0.4) is 0 Å². The smallest absolute Gasteiger partial charge is 0.193 e. The van der Waals surface area contributed by atoms with Crippen molar-refractivity contribution in [2.45, 2.75) is 19.4 Å². The molecular formula is C18H33ClN6. The zero-order chi connectivity index (χ0) is 18.2. The minimum Gasteiger partial charge on any atom is -0.356 e. The zero-order valence-electron chi connectivity index (χ0n) is 16.1. The maximum atomic E-state index is 6.06. The SMILES string of the molecule is CN=C(NCCCCN1CCN(C)CC1)N(C)Cc1cc(Cl)cn1C. The third kappa shape index (κ3) is 6.53. The molecule has 0 amide bonds. The second-order valence-corrected chi connectivity index (χ2v) is 7.38. The average molecular weight is 369 g/mol. The van der Waals surface area contributed by atoms with Crippen molar-refractivity contribution in [1.82, 2.24) is 24.6 Å². The lowest BCUT2D eigenvalue weighted by Crippen LogP contribution is -2.44. The minimum atomic E-state index is 0.776. The molecular weight excluding hydrogens is 336 g/mol. The lowest BCUT2D eigenvalue weighted by molar-refractivity contribution is 0.152. The first-order valence-electron chi connectivity index (χ1n) is 9.13. The molecule has 1 aromatic heterocycles. The molecule has 0 atom stereocenters. The molecule has 7 heteroatoms. The van der Waals surface area contributed by atoms with Gasteiger partial charge < -0.3 is 24.6 Å². The average Bonchev–Trinajstić information content (AvgIpc) is 2.89. The number of nitrogens with zero attached hydrogens (tertiary/aromatic N) is 5. The van der Waals surface area contributed by atoms with Gasteiger partial charge in [0, 0.05) is 65.8 Å². The van der Waals surface area contributed by atoms with Crippen molar-refractivity contribution < 1.29 is 0 Å². The number of rotatable bonds is 7. The van der Waals surface area contributed by atoms with Gasteiger partial charge in [-0.15, -0.1) is 0 Å². The van der Waals surface area contributed by atoms with Crippen LogP contribution < -0.4 is 5.32 Å². The van der Waals surface area contributed by atoms with Gasteiger partial charge in [-0.25, -0.2) is 0 Å². The van der Waals surface area contributed by atoms with Gasteiger partial charge in [-0.3, -0.25) is 4.99 Å². The lowest BCUT2D eigenvalue weighted by Gasteiger charge is -2.32. The van der Waals surface area contributed by atoms with E-state index < -0.39 is 0 Å². The summed E-state index contributed by atoms with van der Waals surface area (Å²) in [7, 11) is 8.11. The van der Waals surface area contributed by atoms with Crippen molar-refractivity contribution in [2.24, 2.45) is 12.0 Å². The molecule has 2 heterocycles. The summed E-state index contributed by atoms with van der Waals surface area (Å²) in [5.74, 6) is 0.928. The van der Waals surface area contributed by atoms with E-state index in [0.717, 1.165) is 30.5 Å². The van der Waals surface area contributed by atoms with Gasteiger partial charge in [0.25, 0.3) is 0 Å². The van der Waals surface area contributed by atoms with Crippen LogP contribution >= 0.6 is 11.6 Å². The van der Waals surface area contributed by atoms with Gasteiger partial charge in [0.2, 0.25) is 0 Å². The summed E-state index contributed by atoms with van der Waals surface area (Å²) < 4.78 is 2.06. The van der Waals surface area contributed by atoms with E-state index >= 15 is 0 Å². The van der Waals surface area contributed by atoms with Crippen LogP contribution in [0.2, 0.25) is 5.02 Å². The Kier molecular flexibility index (Phi) is 8.06. The van der Waals surface area contributed by atoms with Crippen LogP contribution in [0.25, 0.3) is 0 Å². The molecule has 0 aromatic carbocycles. The van der Waals surface area contributed by atoms with E-state index in [1.54, 1.807) is 0 Å².